The molecule has 122 valence electrons. The minimum Gasteiger partial charge on any atom is -0.481 e. The number of pyridine rings is 1. The van der Waals surface area contributed by atoms with Crippen LogP contribution in [-0.2, 0) is 4.79 Å². The van der Waals surface area contributed by atoms with Crippen LogP contribution in [0.4, 0.5) is 0 Å². The number of aliphatic carboxylic acids is 1. The van der Waals surface area contributed by atoms with Gasteiger partial charge in [-0.05, 0) is 39.2 Å². The number of hydrogen-bond acceptors (Lipinski definition) is 4. The molecule has 0 unspecified atom stereocenters. The Balaban J connectivity index is 1.73. The maximum Gasteiger partial charge on any atom is 0.306 e. The van der Waals surface area contributed by atoms with Gasteiger partial charge in [-0.3, -0.25) is 9.59 Å². The summed E-state index contributed by atoms with van der Waals surface area (Å²) < 4.78 is 1.81. The normalized spacial score (nSPS) is 21.0. The van der Waals surface area contributed by atoms with Crippen molar-refractivity contribution < 1.29 is 14.7 Å². The van der Waals surface area contributed by atoms with Crippen molar-refractivity contribution in [3.8, 4) is 0 Å². The average Bonchev–Trinajstić information content (AvgIpc) is 3.12. The van der Waals surface area contributed by atoms with Crippen molar-refractivity contribution >= 4 is 22.9 Å². The van der Waals surface area contributed by atoms with E-state index in [1.807, 2.05) is 18.5 Å². The minimum atomic E-state index is -0.786. The molecule has 0 aromatic carbocycles. The zero-order valence-electron chi connectivity index (χ0n) is 13.2. The molecule has 0 aliphatic heterocycles. The second-order valence-corrected chi connectivity index (χ2v) is 6.34. The molecular formula is C16H20N4O3. The minimum absolute atomic E-state index is 0.0855. The van der Waals surface area contributed by atoms with E-state index in [1.54, 1.807) is 18.5 Å². The van der Waals surface area contributed by atoms with Gasteiger partial charge in [0.1, 0.15) is 0 Å². The summed E-state index contributed by atoms with van der Waals surface area (Å²) in [5.41, 5.74) is 1.22. The standard InChI is InChI=1S/C16H20N4O3/c1-9(2)20-14-11(8-18-20)5-12(7-17-14)15(21)19-13-4-3-10(6-13)16(22)23/h5,7-10,13H,3-4,6H2,1-2H3,(H,19,21)(H,22,23)/t10-,13+/m0/s1. The fourth-order valence-electron chi connectivity index (χ4n) is 3.05. The number of carboxylic acid groups (broad SMARTS) is 1. The lowest BCUT2D eigenvalue weighted by Crippen LogP contribution is -2.33. The fraction of sp³-hybridized carbons (Fsp3) is 0.500. The van der Waals surface area contributed by atoms with Gasteiger partial charge in [0.15, 0.2) is 5.65 Å². The van der Waals surface area contributed by atoms with Gasteiger partial charge in [-0.1, -0.05) is 0 Å². The van der Waals surface area contributed by atoms with Crippen LogP contribution < -0.4 is 5.32 Å². The molecular weight excluding hydrogens is 296 g/mol. The molecule has 1 aliphatic rings. The number of fused-ring (bicyclic) bond motifs is 1. The van der Waals surface area contributed by atoms with Crippen LogP contribution in [0.2, 0.25) is 0 Å². The Morgan fingerprint density at radius 1 is 1.35 bits per heavy atom. The van der Waals surface area contributed by atoms with Gasteiger partial charge in [0, 0.05) is 23.7 Å². The van der Waals surface area contributed by atoms with Crippen molar-refractivity contribution in [2.45, 2.75) is 45.2 Å². The van der Waals surface area contributed by atoms with Crippen LogP contribution in [0.3, 0.4) is 0 Å². The smallest absolute Gasteiger partial charge is 0.306 e. The number of amides is 1. The third-order valence-electron chi connectivity index (χ3n) is 4.30. The topological polar surface area (TPSA) is 97.1 Å². The highest BCUT2D eigenvalue weighted by Gasteiger charge is 2.30. The highest BCUT2D eigenvalue weighted by atomic mass is 16.4. The summed E-state index contributed by atoms with van der Waals surface area (Å²) >= 11 is 0. The molecule has 2 N–H and O–H groups in total. The largest absolute Gasteiger partial charge is 0.481 e. The lowest BCUT2D eigenvalue weighted by molar-refractivity contribution is -0.141. The molecule has 7 nitrogen and oxygen atoms in total. The number of carbonyl (C=O) groups excluding carboxylic acids is 1. The monoisotopic (exact) mass is 316 g/mol. The van der Waals surface area contributed by atoms with Crippen molar-refractivity contribution in [1.29, 1.82) is 0 Å². The molecule has 2 aromatic rings. The first-order valence-corrected chi connectivity index (χ1v) is 7.82. The van der Waals surface area contributed by atoms with E-state index < -0.39 is 5.97 Å². The summed E-state index contributed by atoms with van der Waals surface area (Å²) in [5.74, 6) is -1.36. The summed E-state index contributed by atoms with van der Waals surface area (Å²) in [7, 11) is 0. The first-order chi connectivity index (χ1) is 11.0. The zero-order valence-corrected chi connectivity index (χ0v) is 13.2. The van der Waals surface area contributed by atoms with Crippen LogP contribution in [0.25, 0.3) is 11.0 Å². The third kappa shape index (κ3) is 3.04. The lowest BCUT2D eigenvalue weighted by atomic mass is 10.1. The Labute approximate surface area is 133 Å². The van der Waals surface area contributed by atoms with Crippen molar-refractivity contribution in [3.63, 3.8) is 0 Å². The molecule has 1 amide bonds. The van der Waals surface area contributed by atoms with Gasteiger partial charge in [-0.2, -0.15) is 5.10 Å². The lowest BCUT2D eigenvalue weighted by Gasteiger charge is -2.12. The van der Waals surface area contributed by atoms with Gasteiger partial charge in [0.2, 0.25) is 0 Å². The van der Waals surface area contributed by atoms with E-state index in [2.05, 4.69) is 15.4 Å². The van der Waals surface area contributed by atoms with Gasteiger partial charge in [-0.15, -0.1) is 0 Å². The van der Waals surface area contributed by atoms with Gasteiger partial charge >= 0.3 is 5.97 Å². The van der Waals surface area contributed by atoms with E-state index in [1.165, 1.54) is 0 Å². The average molecular weight is 316 g/mol. The second kappa shape index (κ2) is 5.98. The van der Waals surface area contributed by atoms with Crippen molar-refractivity contribution in [2.75, 3.05) is 0 Å². The highest BCUT2D eigenvalue weighted by molar-refractivity contribution is 5.97. The number of carboxylic acids is 1. The number of rotatable bonds is 4. The summed E-state index contributed by atoms with van der Waals surface area (Å²) in [6, 6.07) is 1.89. The summed E-state index contributed by atoms with van der Waals surface area (Å²) in [5, 5.41) is 17.0. The van der Waals surface area contributed by atoms with Gasteiger partial charge in [0.05, 0.1) is 17.7 Å². The summed E-state index contributed by atoms with van der Waals surface area (Å²) in [6.07, 6.45) is 5.04. The Morgan fingerprint density at radius 3 is 2.78 bits per heavy atom. The molecule has 0 bridgehead atoms. The molecule has 23 heavy (non-hydrogen) atoms. The maximum atomic E-state index is 12.3. The predicted molar refractivity (Wildman–Crippen MR) is 84.1 cm³/mol. The first-order valence-electron chi connectivity index (χ1n) is 7.82. The molecule has 7 heteroatoms. The molecule has 2 aromatic heterocycles. The quantitative estimate of drug-likeness (QED) is 0.899. The van der Waals surface area contributed by atoms with Gasteiger partial charge in [-0.25, -0.2) is 9.67 Å². The third-order valence-corrected chi connectivity index (χ3v) is 4.30. The van der Waals surface area contributed by atoms with E-state index in [4.69, 9.17) is 5.11 Å². The molecule has 3 rings (SSSR count). The SMILES string of the molecule is CC(C)n1ncc2cc(C(=O)N[C@@H]3CC[C@H](C(=O)O)C3)cnc21. The Kier molecular flexibility index (Phi) is 4.02. The van der Waals surface area contributed by atoms with E-state index >= 15 is 0 Å². The molecule has 0 radical (unpaired) electrons. The number of nitrogens with zero attached hydrogens (tertiary/aromatic N) is 3. The maximum absolute atomic E-state index is 12.3. The molecule has 2 atom stereocenters. The van der Waals surface area contributed by atoms with E-state index in [0.717, 1.165) is 11.0 Å². The van der Waals surface area contributed by atoms with Crippen LogP contribution in [-0.4, -0.2) is 37.8 Å². The predicted octanol–water partition coefficient (Wildman–Crippen LogP) is 2.00. The molecule has 1 aliphatic carbocycles. The van der Waals surface area contributed by atoms with Crippen LogP contribution in [0.1, 0.15) is 49.5 Å². The molecule has 0 spiro atoms. The van der Waals surface area contributed by atoms with Crippen molar-refractivity contribution in [3.05, 3.63) is 24.0 Å². The number of nitrogens with one attached hydrogen (secondary N) is 1. The number of hydrogen-bond donors (Lipinski definition) is 2. The molecule has 2 heterocycles. The first kappa shape index (κ1) is 15.5. The fourth-order valence-corrected chi connectivity index (χ4v) is 3.05. The number of aromatic nitrogens is 3. The van der Waals surface area contributed by atoms with E-state index in [0.29, 0.717) is 24.8 Å². The van der Waals surface area contributed by atoms with Crippen LogP contribution in [0.15, 0.2) is 18.5 Å². The molecule has 1 fully saturated rings. The number of carbonyl (C=O) groups is 2. The Bertz CT molecular complexity index is 753. The van der Waals surface area contributed by atoms with Gasteiger partial charge < -0.3 is 10.4 Å². The van der Waals surface area contributed by atoms with Crippen LogP contribution >= 0.6 is 0 Å². The molecule has 0 saturated heterocycles. The molecule has 1 saturated carbocycles. The van der Waals surface area contributed by atoms with Crippen molar-refractivity contribution in [1.82, 2.24) is 20.1 Å². The second-order valence-electron chi connectivity index (χ2n) is 6.34. The van der Waals surface area contributed by atoms with Crippen LogP contribution in [0.5, 0.6) is 0 Å². The van der Waals surface area contributed by atoms with E-state index in [9.17, 15) is 9.59 Å². The highest BCUT2D eigenvalue weighted by Crippen LogP contribution is 2.26. The Morgan fingerprint density at radius 2 is 2.13 bits per heavy atom. The van der Waals surface area contributed by atoms with Gasteiger partial charge in [0.25, 0.3) is 5.91 Å². The van der Waals surface area contributed by atoms with Crippen LogP contribution in [0, 0.1) is 5.92 Å². The van der Waals surface area contributed by atoms with Crippen molar-refractivity contribution in [2.24, 2.45) is 5.92 Å². The van der Waals surface area contributed by atoms with E-state index in [-0.39, 0.29) is 23.9 Å². The Hall–Kier alpha value is -2.44. The zero-order chi connectivity index (χ0) is 16.6. The summed E-state index contributed by atoms with van der Waals surface area (Å²) in [4.78, 5) is 27.7. The summed E-state index contributed by atoms with van der Waals surface area (Å²) in [6.45, 7) is 4.04.